The summed E-state index contributed by atoms with van der Waals surface area (Å²) in [4.78, 5) is 15.9. The molecule has 1 aliphatic heterocycles. The molecule has 0 fully saturated rings. The lowest BCUT2D eigenvalue weighted by molar-refractivity contribution is -0.0532. The van der Waals surface area contributed by atoms with Crippen molar-refractivity contribution < 1.29 is 28.2 Å². The molecule has 1 aromatic carbocycles. The van der Waals surface area contributed by atoms with E-state index >= 15 is 0 Å². The molecule has 9 nitrogen and oxygen atoms in total. The van der Waals surface area contributed by atoms with Crippen molar-refractivity contribution in [1.82, 2.24) is 20.1 Å². The van der Waals surface area contributed by atoms with Gasteiger partial charge in [0.1, 0.15) is 18.2 Å². The molecule has 11 heteroatoms. The summed E-state index contributed by atoms with van der Waals surface area (Å²) >= 11 is 0. The van der Waals surface area contributed by atoms with Crippen molar-refractivity contribution in [3.63, 3.8) is 0 Å². The molecule has 1 atom stereocenters. The second-order valence-electron chi connectivity index (χ2n) is 7.34. The molecule has 4 rings (SSSR count). The van der Waals surface area contributed by atoms with E-state index in [9.17, 15) is 18.7 Å². The molecule has 0 spiro atoms. The second kappa shape index (κ2) is 9.32. The first-order chi connectivity index (χ1) is 15.9. The van der Waals surface area contributed by atoms with Gasteiger partial charge in [-0.2, -0.15) is 14.0 Å². The summed E-state index contributed by atoms with van der Waals surface area (Å²) < 4.78 is 35.3. The highest BCUT2D eigenvalue weighted by molar-refractivity contribution is 5.93. The fourth-order valence-electron chi connectivity index (χ4n) is 3.57. The van der Waals surface area contributed by atoms with E-state index < -0.39 is 18.6 Å². The van der Waals surface area contributed by atoms with Gasteiger partial charge in [0.15, 0.2) is 5.82 Å². The molecular weight excluding hydrogens is 436 g/mol. The standard InChI is InChI=1S/C22H19F2N5O4/c1-12-15(3-4-16-17(12)11-32-21(16)31)18(30)9-26-7-13-2-5-19(27-8-13)29-10-14(6-25)20(28-29)33-22(23)24/h2-5,8,10,18,22,26,30H,7,9,11H2,1H3. The van der Waals surface area contributed by atoms with Gasteiger partial charge in [-0.05, 0) is 35.7 Å². The van der Waals surface area contributed by atoms with Gasteiger partial charge in [-0.1, -0.05) is 12.1 Å². The third-order valence-electron chi connectivity index (χ3n) is 5.28. The maximum Gasteiger partial charge on any atom is 0.388 e. The first-order valence-electron chi connectivity index (χ1n) is 9.95. The van der Waals surface area contributed by atoms with Crippen molar-refractivity contribution in [1.29, 1.82) is 5.26 Å². The normalized spacial score (nSPS) is 13.5. The zero-order chi connectivity index (χ0) is 23.5. The fourth-order valence-corrected chi connectivity index (χ4v) is 3.57. The molecule has 2 N–H and O–H groups in total. The third kappa shape index (κ3) is 4.67. The molecule has 0 aliphatic carbocycles. The number of rotatable bonds is 8. The molecule has 0 bridgehead atoms. The second-order valence-corrected chi connectivity index (χ2v) is 7.34. The Labute approximate surface area is 187 Å². The first kappa shape index (κ1) is 22.3. The molecular formula is C22H19F2N5O4. The van der Waals surface area contributed by atoms with Crippen LogP contribution in [0.2, 0.25) is 0 Å². The molecule has 0 saturated heterocycles. The molecule has 3 aromatic rings. The van der Waals surface area contributed by atoms with Crippen molar-refractivity contribution in [3.8, 4) is 17.8 Å². The average molecular weight is 455 g/mol. The number of carbonyl (C=O) groups excluding carboxylic acids is 1. The van der Waals surface area contributed by atoms with Gasteiger partial charge < -0.3 is 19.9 Å². The summed E-state index contributed by atoms with van der Waals surface area (Å²) in [5.41, 5.74) is 3.58. The topological polar surface area (TPSA) is 122 Å². The Morgan fingerprint density at radius 3 is 2.88 bits per heavy atom. The van der Waals surface area contributed by atoms with E-state index in [0.29, 0.717) is 17.9 Å². The van der Waals surface area contributed by atoms with Gasteiger partial charge in [-0.3, -0.25) is 0 Å². The third-order valence-corrected chi connectivity index (χ3v) is 5.28. The number of aliphatic hydroxyl groups excluding tert-OH is 1. The number of aromatic nitrogens is 3. The number of aliphatic hydroxyl groups is 1. The first-order valence-corrected chi connectivity index (χ1v) is 9.95. The lowest BCUT2D eigenvalue weighted by atomic mass is 9.95. The number of benzene rings is 1. The van der Waals surface area contributed by atoms with E-state index in [2.05, 4.69) is 20.1 Å². The van der Waals surface area contributed by atoms with Crippen LogP contribution in [0.4, 0.5) is 8.78 Å². The summed E-state index contributed by atoms with van der Waals surface area (Å²) in [5, 5.41) is 26.6. The highest BCUT2D eigenvalue weighted by Crippen LogP contribution is 2.29. The minimum Gasteiger partial charge on any atom is -0.457 e. The SMILES string of the molecule is Cc1c(C(O)CNCc2ccc(-n3cc(C#N)c(OC(F)F)n3)nc2)ccc2c1COC2=O. The summed E-state index contributed by atoms with van der Waals surface area (Å²) in [5.74, 6) is -0.489. The van der Waals surface area contributed by atoms with Crippen LogP contribution < -0.4 is 10.1 Å². The predicted molar refractivity (Wildman–Crippen MR) is 110 cm³/mol. The Hall–Kier alpha value is -3.88. The minimum absolute atomic E-state index is 0.130. The van der Waals surface area contributed by atoms with Crippen molar-refractivity contribution in [2.75, 3.05) is 6.54 Å². The Morgan fingerprint density at radius 1 is 1.36 bits per heavy atom. The van der Waals surface area contributed by atoms with Crippen LogP contribution in [0.25, 0.3) is 5.82 Å². The highest BCUT2D eigenvalue weighted by Gasteiger charge is 2.25. The Bertz CT molecular complexity index is 1220. The number of alkyl halides is 2. The molecule has 33 heavy (non-hydrogen) atoms. The number of halogens is 2. The maximum absolute atomic E-state index is 12.4. The summed E-state index contributed by atoms with van der Waals surface area (Å²) in [7, 11) is 0. The lowest BCUT2D eigenvalue weighted by Crippen LogP contribution is -2.22. The molecule has 0 radical (unpaired) electrons. The Kier molecular flexibility index (Phi) is 6.30. The smallest absolute Gasteiger partial charge is 0.388 e. The largest absolute Gasteiger partial charge is 0.457 e. The van der Waals surface area contributed by atoms with Crippen molar-refractivity contribution >= 4 is 5.97 Å². The minimum atomic E-state index is -3.09. The van der Waals surface area contributed by atoms with Gasteiger partial charge in [0.25, 0.3) is 5.88 Å². The van der Waals surface area contributed by atoms with Gasteiger partial charge in [0, 0.05) is 24.8 Å². The summed E-state index contributed by atoms with van der Waals surface area (Å²) in [6.45, 7) is -0.331. The van der Waals surface area contributed by atoms with Crippen molar-refractivity contribution in [3.05, 3.63) is 70.0 Å². The van der Waals surface area contributed by atoms with Crippen LogP contribution in [-0.4, -0.2) is 39.0 Å². The Balaban J connectivity index is 1.36. The number of nitrogens with zero attached hydrogens (tertiary/aromatic N) is 4. The number of ether oxygens (including phenoxy) is 2. The summed E-state index contributed by atoms with van der Waals surface area (Å²) in [6.07, 6.45) is 2.05. The van der Waals surface area contributed by atoms with E-state index in [0.717, 1.165) is 22.3 Å². The van der Waals surface area contributed by atoms with Crippen LogP contribution in [0.3, 0.4) is 0 Å². The monoisotopic (exact) mass is 455 g/mol. The predicted octanol–water partition coefficient (Wildman–Crippen LogP) is 2.54. The van der Waals surface area contributed by atoms with Gasteiger partial charge in [0.05, 0.1) is 17.9 Å². The number of carbonyl (C=O) groups is 1. The van der Waals surface area contributed by atoms with Crippen LogP contribution in [0.1, 0.15) is 44.3 Å². The van der Waals surface area contributed by atoms with Crippen molar-refractivity contribution in [2.24, 2.45) is 0 Å². The van der Waals surface area contributed by atoms with Gasteiger partial charge in [-0.25, -0.2) is 14.5 Å². The lowest BCUT2D eigenvalue weighted by Gasteiger charge is -2.16. The van der Waals surface area contributed by atoms with Crippen LogP contribution >= 0.6 is 0 Å². The van der Waals surface area contributed by atoms with E-state index in [1.54, 1.807) is 36.5 Å². The number of hydrogen-bond acceptors (Lipinski definition) is 8. The van der Waals surface area contributed by atoms with E-state index in [1.807, 2.05) is 6.92 Å². The van der Waals surface area contributed by atoms with Crippen LogP contribution in [0.15, 0.2) is 36.7 Å². The molecule has 1 unspecified atom stereocenters. The number of nitriles is 1. The fraction of sp³-hybridized carbons (Fsp3) is 0.273. The molecule has 0 saturated carbocycles. The summed E-state index contributed by atoms with van der Waals surface area (Å²) in [6, 6.07) is 8.53. The number of hydrogen-bond donors (Lipinski definition) is 2. The maximum atomic E-state index is 12.4. The molecule has 2 aromatic heterocycles. The van der Waals surface area contributed by atoms with E-state index in [4.69, 9.17) is 10.00 Å². The highest BCUT2D eigenvalue weighted by atomic mass is 19.3. The van der Waals surface area contributed by atoms with Gasteiger partial charge in [0.2, 0.25) is 0 Å². The van der Waals surface area contributed by atoms with Gasteiger partial charge >= 0.3 is 12.6 Å². The molecule has 3 heterocycles. The zero-order valence-electron chi connectivity index (χ0n) is 17.5. The molecule has 170 valence electrons. The average Bonchev–Trinajstić information content (AvgIpc) is 3.38. The number of nitrogens with one attached hydrogen (secondary N) is 1. The molecule has 1 aliphatic rings. The molecule has 0 amide bonds. The Morgan fingerprint density at radius 2 is 2.18 bits per heavy atom. The van der Waals surface area contributed by atoms with E-state index in [1.165, 1.54) is 10.9 Å². The van der Waals surface area contributed by atoms with Crippen LogP contribution in [-0.2, 0) is 17.9 Å². The van der Waals surface area contributed by atoms with Crippen LogP contribution in [0.5, 0.6) is 5.88 Å². The van der Waals surface area contributed by atoms with Gasteiger partial charge in [-0.15, -0.1) is 5.10 Å². The quantitative estimate of drug-likeness (QED) is 0.497. The van der Waals surface area contributed by atoms with E-state index in [-0.39, 0.29) is 24.7 Å². The number of esters is 1. The number of pyridine rings is 1. The zero-order valence-corrected chi connectivity index (χ0v) is 17.5. The number of cyclic esters (lactones) is 1. The number of fused-ring (bicyclic) bond motifs is 1. The van der Waals surface area contributed by atoms with Crippen LogP contribution in [0, 0.1) is 18.3 Å². The van der Waals surface area contributed by atoms with Crippen molar-refractivity contribution in [2.45, 2.75) is 32.8 Å².